The van der Waals surface area contributed by atoms with Crippen LogP contribution in [0.5, 0.6) is 5.88 Å². The number of nitrogens with zero attached hydrogens (tertiary/aromatic N) is 4. The van der Waals surface area contributed by atoms with E-state index in [1.807, 2.05) is 38.4 Å². The minimum Gasteiger partial charge on any atom is -0.477 e. The summed E-state index contributed by atoms with van der Waals surface area (Å²) < 4.78 is 12.7. The Morgan fingerprint density at radius 1 is 1.25 bits per heavy atom. The van der Waals surface area contributed by atoms with Gasteiger partial charge in [0.1, 0.15) is 0 Å². The number of primary amides is 1. The van der Waals surface area contributed by atoms with Gasteiger partial charge in [0, 0.05) is 23.6 Å². The molecule has 0 aliphatic heterocycles. The van der Waals surface area contributed by atoms with E-state index < -0.39 is 11.7 Å². The van der Waals surface area contributed by atoms with Crippen LogP contribution in [-0.4, -0.2) is 52.8 Å². The van der Waals surface area contributed by atoms with E-state index in [-0.39, 0.29) is 5.41 Å². The second-order valence-electron chi connectivity index (χ2n) is 9.53. The number of allylic oxidation sites excluding steroid dienone is 4. The summed E-state index contributed by atoms with van der Waals surface area (Å²) in [5.74, 6) is -0.511. The van der Waals surface area contributed by atoms with E-state index in [1.165, 1.54) is 0 Å². The lowest BCUT2D eigenvalue weighted by Crippen LogP contribution is -2.29. The number of carbonyl (C=O) groups excluding carboxylic acids is 1. The maximum Gasteiger partial charge on any atom is 0.420 e. The van der Waals surface area contributed by atoms with Crippen molar-refractivity contribution >= 4 is 17.0 Å². The number of fused-ring (bicyclic) bond motifs is 1. The van der Waals surface area contributed by atoms with E-state index in [0.29, 0.717) is 42.1 Å². The van der Waals surface area contributed by atoms with Crippen molar-refractivity contribution in [2.45, 2.75) is 44.6 Å². The van der Waals surface area contributed by atoms with Gasteiger partial charge in [0.25, 0.3) is 0 Å². The standard InChI is InChI=1S/C27H33N5O4/c1-4-12-27(23-10-11-24(30-29-23)35-15-6-14-31(2)3)13-5-7-19(17-27)18-32-21-16-20(25(28)33)8-9-22(21)36-26(32)34/h5,7-11,13,16H,4,6,12,14-15,17-18H2,1-3H3,(H2,28,33). The van der Waals surface area contributed by atoms with Crippen molar-refractivity contribution in [3.63, 3.8) is 0 Å². The number of amides is 1. The van der Waals surface area contributed by atoms with Gasteiger partial charge >= 0.3 is 5.76 Å². The number of hydrogen-bond donors (Lipinski definition) is 1. The van der Waals surface area contributed by atoms with Gasteiger partial charge in [0.15, 0.2) is 5.58 Å². The van der Waals surface area contributed by atoms with Crippen LogP contribution in [0.4, 0.5) is 0 Å². The molecule has 1 unspecified atom stereocenters. The largest absolute Gasteiger partial charge is 0.477 e. The summed E-state index contributed by atoms with van der Waals surface area (Å²) in [6.45, 7) is 4.01. The SMILES string of the molecule is CCCC1(c2ccc(OCCCN(C)C)nn2)C=CC=C(Cn2c(=O)oc3ccc(C(N)=O)cc32)C1. The van der Waals surface area contributed by atoms with Crippen LogP contribution in [0.2, 0.25) is 0 Å². The molecule has 0 spiro atoms. The maximum absolute atomic E-state index is 12.6. The second kappa shape index (κ2) is 10.9. The van der Waals surface area contributed by atoms with Crippen LogP contribution in [-0.2, 0) is 12.0 Å². The first kappa shape index (κ1) is 25.4. The average molecular weight is 492 g/mol. The first-order valence-corrected chi connectivity index (χ1v) is 12.2. The summed E-state index contributed by atoms with van der Waals surface area (Å²) in [5.41, 5.74) is 8.31. The molecule has 0 bridgehead atoms. The average Bonchev–Trinajstić information content (AvgIpc) is 3.16. The lowest BCUT2D eigenvalue weighted by atomic mass is 9.72. The third-order valence-electron chi connectivity index (χ3n) is 6.45. The Hall–Kier alpha value is -3.72. The molecule has 0 radical (unpaired) electrons. The number of aromatic nitrogens is 3. The fourth-order valence-corrected chi connectivity index (χ4v) is 4.71. The Balaban J connectivity index is 1.54. The molecule has 1 aromatic carbocycles. The predicted octanol–water partition coefficient (Wildman–Crippen LogP) is 3.44. The zero-order valence-corrected chi connectivity index (χ0v) is 21.1. The van der Waals surface area contributed by atoms with Gasteiger partial charge in [-0.1, -0.05) is 31.6 Å². The summed E-state index contributed by atoms with van der Waals surface area (Å²) in [5, 5.41) is 8.86. The van der Waals surface area contributed by atoms with Crippen LogP contribution in [0, 0.1) is 0 Å². The van der Waals surface area contributed by atoms with Crippen molar-refractivity contribution in [3.05, 3.63) is 75.9 Å². The van der Waals surface area contributed by atoms with E-state index in [1.54, 1.807) is 22.8 Å². The Morgan fingerprint density at radius 3 is 2.78 bits per heavy atom. The highest BCUT2D eigenvalue weighted by atomic mass is 16.5. The van der Waals surface area contributed by atoms with E-state index in [2.05, 4.69) is 28.1 Å². The number of carbonyl (C=O) groups is 1. The first-order chi connectivity index (χ1) is 17.3. The molecule has 4 rings (SSSR count). The van der Waals surface area contributed by atoms with Crippen molar-refractivity contribution in [1.29, 1.82) is 0 Å². The van der Waals surface area contributed by atoms with Crippen molar-refractivity contribution in [2.75, 3.05) is 27.2 Å². The highest BCUT2D eigenvalue weighted by Gasteiger charge is 2.33. The second-order valence-corrected chi connectivity index (χ2v) is 9.53. The molecule has 2 heterocycles. The number of nitrogens with two attached hydrogens (primary N) is 1. The van der Waals surface area contributed by atoms with Crippen LogP contribution in [0.25, 0.3) is 11.1 Å². The first-order valence-electron chi connectivity index (χ1n) is 12.2. The van der Waals surface area contributed by atoms with E-state index in [0.717, 1.165) is 37.1 Å². The predicted molar refractivity (Wildman–Crippen MR) is 138 cm³/mol. The summed E-state index contributed by atoms with van der Waals surface area (Å²) >= 11 is 0. The maximum atomic E-state index is 12.6. The summed E-state index contributed by atoms with van der Waals surface area (Å²) in [6.07, 6.45) is 9.64. The number of oxazole rings is 1. The summed E-state index contributed by atoms with van der Waals surface area (Å²) in [4.78, 5) is 26.4. The number of ether oxygens (including phenoxy) is 1. The highest BCUT2D eigenvalue weighted by molar-refractivity contribution is 5.95. The van der Waals surface area contributed by atoms with Crippen molar-refractivity contribution in [2.24, 2.45) is 5.73 Å². The van der Waals surface area contributed by atoms with Crippen LogP contribution in [0.1, 0.15) is 48.7 Å². The van der Waals surface area contributed by atoms with Gasteiger partial charge < -0.3 is 19.8 Å². The number of hydrogen-bond acceptors (Lipinski definition) is 7. The van der Waals surface area contributed by atoms with E-state index in [9.17, 15) is 9.59 Å². The molecule has 0 fully saturated rings. The van der Waals surface area contributed by atoms with Crippen molar-refractivity contribution in [3.8, 4) is 5.88 Å². The monoisotopic (exact) mass is 491 g/mol. The van der Waals surface area contributed by atoms with Gasteiger partial charge in [0.05, 0.1) is 24.4 Å². The van der Waals surface area contributed by atoms with Gasteiger partial charge in [0.2, 0.25) is 11.8 Å². The zero-order valence-electron chi connectivity index (χ0n) is 21.1. The molecule has 2 N–H and O–H groups in total. The van der Waals surface area contributed by atoms with Crippen LogP contribution >= 0.6 is 0 Å². The molecule has 1 aliphatic rings. The van der Waals surface area contributed by atoms with Crippen LogP contribution in [0.15, 0.2) is 63.3 Å². The fourth-order valence-electron chi connectivity index (χ4n) is 4.71. The molecule has 1 aliphatic carbocycles. The van der Waals surface area contributed by atoms with Gasteiger partial charge in [-0.25, -0.2) is 4.79 Å². The molecule has 9 nitrogen and oxygen atoms in total. The molecule has 2 aromatic heterocycles. The van der Waals surface area contributed by atoms with Crippen LogP contribution in [0.3, 0.4) is 0 Å². The smallest absolute Gasteiger partial charge is 0.420 e. The molecule has 0 saturated heterocycles. The Labute approximate surface area is 210 Å². The molecule has 190 valence electrons. The Bertz CT molecular complexity index is 1340. The van der Waals surface area contributed by atoms with Gasteiger partial charge in [-0.2, -0.15) is 5.10 Å². The molecule has 1 atom stereocenters. The summed E-state index contributed by atoms with van der Waals surface area (Å²) in [6, 6.07) is 8.62. The van der Waals surface area contributed by atoms with Crippen molar-refractivity contribution < 1.29 is 13.9 Å². The normalized spacial score (nSPS) is 17.5. The Morgan fingerprint density at radius 2 is 2.08 bits per heavy atom. The van der Waals surface area contributed by atoms with Crippen molar-refractivity contribution in [1.82, 2.24) is 19.7 Å². The third-order valence-corrected chi connectivity index (χ3v) is 6.45. The molecule has 0 saturated carbocycles. The summed E-state index contributed by atoms with van der Waals surface area (Å²) in [7, 11) is 4.07. The lowest BCUT2D eigenvalue weighted by molar-refractivity contribution is 0.100. The minimum absolute atomic E-state index is 0.328. The van der Waals surface area contributed by atoms with Gasteiger partial charge in [-0.15, -0.1) is 5.10 Å². The zero-order chi connectivity index (χ0) is 25.7. The number of benzene rings is 1. The lowest BCUT2D eigenvalue weighted by Gasteiger charge is -2.33. The molecular weight excluding hydrogens is 458 g/mol. The number of rotatable bonds is 11. The fraction of sp³-hybridized carbons (Fsp3) is 0.407. The molecule has 1 amide bonds. The molecular formula is C27H33N5O4. The molecule has 3 aromatic rings. The minimum atomic E-state index is -0.553. The molecule has 36 heavy (non-hydrogen) atoms. The quantitative estimate of drug-likeness (QED) is 0.408. The van der Waals surface area contributed by atoms with Gasteiger partial charge in [-0.3, -0.25) is 9.36 Å². The van der Waals surface area contributed by atoms with E-state index >= 15 is 0 Å². The van der Waals surface area contributed by atoms with E-state index in [4.69, 9.17) is 14.9 Å². The highest BCUT2D eigenvalue weighted by Crippen LogP contribution is 2.39. The Kier molecular flexibility index (Phi) is 7.69. The topological polar surface area (TPSA) is 116 Å². The van der Waals surface area contributed by atoms with Crippen LogP contribution < -0.4 is 16.2 Å². The third kappa shape index (κ3) is 5.57. The molecule has 9 heteroatoms. The van der Waals surface area contributed by atoms with Gasteiger partial charge in [-0.05, 0) is 63.2 Å².